The van der Waals surface area contributed by atoms with E-state index in [0.717, 1.165) is 0 Å². The van der Waals surface area contributed by atoms with Crippen LogP contribution < -0.4 is 11.1 Å². The first-order chi connectivity index (χ1) is 7.41. The van der Waals surface area contributed by atoms with Gasteiger partial charge in [-0.25, -0.2) is 0 Å². The molecule has 0 spiro atoms. The number of nitrogens with zero attached hydrogens (tertiary/aromatic N) is 1. The molecule has 94 valence electrons. The topological polar surface area (TPSA) is 75.4 Å². The van der Waals surface area contributed by atoms with Crippen molar-refractivity contribution in [3.8, 4) is 0 Å². The minimum absolute atomic E-state index is 0.0404. The molecule has 3 N–H and O–H groups in total. The lowest BCUT2D eigenvalue weighted by Gasteiger charge is -2.25. The van der Waals surface area contributed by atoms with Crippen molar-refractivity contribution in [2.24, 2.45) is 11.1 Å². The van der Waals surface area contributed by atoms with Crippen molar-refractivity contribution in [2.75, 3.05) is 26.7 Å². The molecule has 0 saturated heterocycles. The third kappa shape index (κ3) is 3.81. The van der Waals surface area contributed by atoms with E-state index in [1.165, 1.54) is 0 Å². The zero-order valence-corrected chi connectivity index (χ0v) is 10.7. The van der Waals surface area contributed by atoms with Gasteiger partial charge in [0.25, 0.3) is 0 Å². The maximum absolute atomic E-state index is 11.8. The van der Waals surface area contributed by atoms with Crippen molar-refractivity contribution in [3.05, 3.63) is 0 Å². The fourth-order valence-electron chi connectivity index (χ4n) is 1.08. The van der Waals surface area contributed by atoms with Gasteiger partial charge in [0.2, 0.25) is 11.8 Å². The van der Waals surface area contributed by atoms with Crippen LogP contribution in [0.25, 0.3) is 0 Å². The van der Waals surface area contributed by atoms with Crippen LogP contribution in [-0.2, 0) is 9.59 Å². The van der Waals surface area contributed by atoms with Gasteiger partial charge < -0.3 is 16.0 Å². The Morgan fingerprint density at radius 1 is 1.38 bits per heavy atom. The van der Waals surface area contributed by atoms with E-state index < -0.39 is 5.41 Å². The molecule has 0 saturated carbocycles. The van der Waals surface area contributed by atoms with Crippen molar-refractivity contribution in [1.29, 1.82) is 0 Å². The SMILES string of the molecule is CCN(C)C(=O)CNC(=O)C(C)(CC)CN. The molecule has 0 heterocycles. The van der Waals surface area contributed by atoms with Crippen molar-refractivity contribution < 1.29 is 9.59 Å². The van der Waals surface area contributed by atoms with Gasteiger partial charge in [-0.3, -0.25) is 9.59 Å². The van der Waals surface area contributed by atoms with E-state index in [1.54, 1.807) is 18.9 Å². The summed E-state index contributed by atoms with van der Waals surface area (Å²) in [6.07, 6.45) is 0.660. The van der Waals surface area contributed by atoms with E-state index in [-0.39, 0.29) is 24.9 Å². The van der Waals surface area contributed by atoms with Crippen molar-refractivity contribution in [3.63, 3.8) is 0 Å². The molecule has 1 unspecified atom stereocenters. The average Bonchev–Trinajstić information content (AvgIpc) is 2.33. The summed E-state index contributed by atoms with van der Waals surface area (Å²) in [5.41, 5.74) is 4.98. The predicted molar refractivity (Wildman–Crippen MR) is 63.8 cm³/mol. The smallest absolute Gasteiger partial charge is 0.241 e. The Bertz CT molecular complexity index is 250. The highest BCUT2D eigenvalue weighted by molar-refractivity contribution is 5.87. The minimum Gasteiger partial charge on any atom is -0.347 e. The van der Waals surface area contributed by atoms with Crippen molar-refractivity contribution in [2.45, 2.75) is 27.2 Å². The van der Waals surface area contributed by atoms with Crippen LogP contribution in [0.2, 0.25) is 0 Å². The van der Waals surface area contributed by atoms with Gasteiger partial charge in [0, 0.05) is 20.1 Å². The summed E-state index contributed by atoms with van der Waals surface area (Å²) >= 11 is 0. The van der Waals surface area contributed by atoms with E-state index in [1.807, 2.05) is 13.8 Å². The highest BCUT2D eigenvalue weighted by atomic mass is 16.2. The number of carbonyl (C=O) groups is 2. The summed E-state index contributed by atoms with van der Waals surface area (Å²) in [7, 11) is 1.70. The number of hydrogen-bond acceptors (Lipinski definition) is 3. The Hall–Kier alpha value is -1.10. The van der Waals surface area contributed by atoms with Crippen LogP contribution in [0.5, 0.6) is 0 Å². The standard InChI is InChI=1S/C11H23N3O2/c1-5-11(3,8-12)10(16)13-7-9(15)14(4)6-2/h5-8,12H2,1-4H3,(H,13,16). The highest BCUT2D eigenvalue weighted by Gasteiger charge is 2.29. The first-order valence-electron chi connectivity index (χ1n) is 5.63. The minimum atomic E-state index is -0.578. The van der Waals surface area contributed by atoms with Gasteiger partial charge in [-0.1, -0.05) is 6.92 Å². The first-order valence-corrected chi connectivity index (χ1v) is 5.63. The van der Waals surface area contributed by atoms with Gasteiger partial charge in [-0.2, -0.15) is 0 Å². The van der Waals surface area contributed by atoms with Crippen molar-refractivity contribution in [1.82, 2.24) is 10.2 Å². The molecule has 5 heteroatoms. The summed E-state index contributed by atoms with van der Waals surface area (Å²) in [5, 5.41) is 2.63. The zero-order valence-electron chi connectivity index (χ0n) is 10.7. The van der Waals surface area contributed by atoms with Gasteiger partial charge in [-0.15, -0.1) is 0 Å². The maximum Gasteiger partial charge on any atom is 0.241 e. The monoisotopic (exact) mass is 229 g/mol. The molecular weight excluding hydrogens is 206 g/mol. The normalized spacial score (nSPS) is 14.1. The second-order valence-corrected chi connectivity index (χ2v) is 4.21. The first kappa shape index (κ1) is 14.9. The molecule has 0 fully saturated rings. The summed E-state index contributed by atoms with van der Waals surface area (Å²) in [6, 6.07) is 0. The summed E-state index contributed by atoms with van der Waals surface area (Å²) in [5.74, 6) is -0.248. The van der Waals surface area contributed by atoms with Gasteiger partial charge in [-0.05, 0) is 20.3 Å². The second kappa shape index (κ2) is 6.48. The molecule has 1 atom stereocenters. The number of nitrogens with two attached hydrogens (primary N) is 1. The fourth-order valence-corrected chi connectivity index (χ4v) is 1.08. The quantitative estimate of drug-likeness (QED) is 0.671. The molecule has 0 bridgehead atoms. The molecule has 0 aliphatic heterocycles. The molecule has 0 aromatic carbocycles. The Balaban J connectivity index is 4.22. The molecule has 2 amide bonds. The lowest BCUT2D eigenvalue weighted by Crippen LogP contribution is -2.47. The zero-order chi connectivity index (χ0) is 12.8. The third-order valence-corrected chi connectivity index (χ3v) is 3.08. The average molecular weight is 229 g/mol. The van der Waals surface area contributed by atoms with Gasteiger partial charge in [0.15, 0.2) is 0 Å². The largest absolute Gasteiger partial charge is 0.347 e. The molecule has 0 radical (unpaired) electrons. The molecule has 0 aromatic rings. The van der Waals surface area contributed by atoms with Crippen LogP contribution in [0.15, 0.2) is 0 Å². The molecule has 16 heavy (non-hydrogen) atoms. The van der Waals surface area contributed by atoms with E-state index in [9.17, 15) is 9.59 Å². The summed E-state index contributed by atoms with van der Waals surface area (Å²) in [6.45, 7) is 6.56. The van der Waals surface area contributed by atoms with E-state index in [2.05, 4.69) is 5.32 Å². The van der Waals surface area contributed by atoms with Crippen LogP contribution in [0, 0.1) is 5.41 Å². The number of likely N-dealkylation sites (N-methyl/N-ethyl adjacent to an activating group) is 1. The summed E-state index contributed by atoms with van der Waals surface area (Å²) < 4.78 is 0. The van der Waals surface area contributed by atoms with Crippen molar-refractivity contribution >= 4 is 11.8 Å². The van der Waals surface area contributed by atoms with Crippen LogP contribution >= 0.6 is 0 Å². The Kier molecular flexibility index (Phi) is 6.03. The lowest BCUT2D eigenvalue weighted by atomic mass is 9.87. The molecular formula is C11H23N3O2. The number of rotatable bonds is 6. The van der Waals surface area contributed by atoms with Gasteiger partial charge >= 0.3 is 0 Å². The molecule has 0 aromatic heterocycles. The Morgan fingerprint density at radius 3 is 2.31 bits per heavy atom. The Morgan fingerprint density at radius 2 is 1.94 bits per heavy atom. The van der Waals surface area contributed by atoms with E-state index in [4.69, 9.17) is 5.73 Å². The van der Waals surface area contributed by atoms with E-state index >= 15 is 0 Å². The summed E-state index contributed by atoms with van der Waals surface area (Å²) in [4.78, 5) is 24.8. The molecule has 5 nitrogen and oxygen atoms in total. The number of hydrogen-bond donors (Lipinski definition) is 2. The number of carbonyl (C=O) groups excluding carboxylic acids is 2. The highest BCUT2D eigenvalue weighted by Crippen LogP contribution is 2.18. The number of amides is 2. The third-order valence-electron chi connectivity index (χ3n) is 3.08. The van der Waals surface area contributed by atoms with Gasteiger partial charge in [0.05, 0.1) is 12.0 Å². The molecule has 0 aliphatic rings. The Labute approximate surface area is 97.4 Å². The predicted octanol–water partition coefficient (Wildman–Crippen LogP) is -0.0441. The molecule has 0 aliphatic carbocycles. The molecule has 0 rings (SSSR count). The van der Waals surface area contributed by atoms with Crippen LogP contribution in [0.4, 0.5) is 0 Å². The lowest BCUT2D eigenvalue weighted by molar-refractivity contribution is -0.135. The second-order valence-electron chi connectivity index (χ2n) is 4.21. The van der Waals surface area contributed by atoms with Crippen LogP contribution in [-0.4, -0.2) is 43.4 Å². The van der Waals surface area contributed by atoms with Crippen LogP contribution in [0.3, 0.4) is 0 Å². The number of nitrogens with one attached hydrogen (secondary N) is 1. The van der Waals surface area contributed by atoms with Gasteiger partial charge in [0.1, 0.15) is 0 Å². The fraction of sp³-hybridized carbons (Fsp3) is 0.818. The maximum atomic E-state index is 11.8. The van der Waals surface area contributed by atoms with E-state index in [0.29, 0.717) is 13.0 Å². The van der Waals surface area contributed by atoms with Crippen LogP contribution in [0.1, 0.15) is 27.2 Å².